The molecule has 114 valence electrons. The molecular weight excluding hydrogens is 298 g/mol. The number of anilines is 1. The summed E-state index contributed by atoms with van der Waals surface area (Å²) in [6.45, 7) is 0.134. The van der Waals surface area contributed by atoms with Crippen LogP contribution < -0.4 is 10.6 Å². The van der Waals surface area contributed by atoms with E-state index in [0.717, 1.165) is 0 Å². The first-order valence-electron chi connectivity index (χ1n) is 6.23. The van der Waals surface area contributed by atoms with Crippen molar-refractivity contribution in [1.29, 1.82) is 0 Å². The van der Waals surface area contributed by atoms with Crippen LogP contribution in [0.2, 0.25) is 0 Å². The van der Waals surface area contributed by atoms with Gasteiger partial charge in [-0.1, -0.05) is 0 Å². The van der Waals surface area contributed by atoms with Gasteiger partial charge < -0.3 is 15.7 Å². The molecule has 8 nitrogen and oxygen atoms in total. The molecule has 1 aliphatic heterocycles. The second-order valence-electron chi connectivity index (χ2n) is 4.83. The van der Waals surface area contributed by atoms with Crippen molar-refractivity contribution in [3.63, 3.8) is 0 Å². The van der Waals surface area contributed by atoms with E-state index in [4.69, 9.17) is 10.8 Å². The predicted molar refractivity (Wildman–Crippen MR) is 74.8 cm³/mol. The van der Waals surface area contributed by atoms with E-state index in [1.807, 2.05) is 0 Å². The van der Waals surface area contributed by atoms with Crippen molar-refractivity contribution in [3.05, 3.63) is 23.9 Å². The molecular formula is C12H15N3O5S. The minimum atomic E-state index is -3.27. The molecule has 0 aliphatic carbocycles. The van der Waals surface area contributed by atoms with Crippen molar-refractivity contribution in [2.45, 2.75) is 12.5 Å². The number of hydrogen-bond donors (Lipinski definition) is 2. The minimum Gasteiger partial charge on any atom is -0.481 e. The number of amides is 1. The first-order valence-corrected chi connectivity index (χ1v) is 8.05. The van der Waals surface area contributed by atoms with Gasteiger partial charge in [0.05, 0.1) is 24.0 Å². The Morgan fingerprint density at radius 3 is 2.81 bits per heavy atom. The fourth-order valence-corrected chi connectivity index (χ4v) is 3.81. The number of nitrogens with two attached hydrogens (primary N) is 1. The van der Waals surface area contributed by atoms with Gasteiger partial charge in [-0.25, -0.2) is 13.4 Å². The van der Waals surface area contributed by atoms with Crippen molar-refractivity contribution < 1.29 is 23.1 Å². The van der Waals surface area contributed by atoms with E-state index in [0.29, 0.717) is 5.82 Å². The monoisotopic (exact) mass is 313 g/mol. The summed E-state index contributed by atoms with van der Waals surface area (Å²) in [5.74, 6) is -1.69. The summed E-state index contributed by atoms with van der Waals surface area (Å²) in [5.41, 5.74) is 5.43. The number of aromatic nitrogens is 1. The number of pyridine rings is 1. The predicted octanol–water partition coefficient (Wildman–Crippen LogP) is -0.741. The zero-order chi connectivity index (χ0) is 15.6. The second kappa shape index (κ2) is 5.68. The number of hydrogen-bond acceptors (Lipinski definition) is 6. The van der Waals surface area contributed by atoms with Crippen molar-refractivity contribution in [2.75, 3.05) is 23.0 Å². The molecule has 0 saturated carbocycles. The molecule has 0 spiro atoms. The van der Waals surface area contributed by atoms with Crippen LogP contribution in [0.25, 0.3) is 0 Å². The van der Waals surface area contributed by atoms with Crippen molar-refractivity contribution >= 4 is 27.5 Å². The number of carboxylic acid groups (broad SMARTS) is 1. The lowest BCUT2D eigenvalue weighted by Gasteiger charge is -2.35. The molecule has 1 unspecified atom stereocenters. The Bertz CT molecular complexity index is 673. The number of aliphatic carboxylic acids is 1. The summed E-state index contributed by atoms with van der Waals surface area (Å²) in [6.07, 6.45) is 1.07. The topological polar surface area (TPSA) is 131 Å². The van der Waals surface area contributed by atoms with Crippen LogP contribution >= 0.6 is 0 Å². The Balaban J connectivity index is 2.33. The van der Waals surface area contributed by atoms with Crippen molar-refractivity contribution in [2.24, 2.45) is 5.73 Å². The summed E-state index contributed by atoms with van der Waals surface area (Å²) in [5, 5.41) is 8.93. The molecule has 1 fully saturated rings. The maximum atomic E-state index is 11.7. The van der Waals surface area contributed by atoms with E-state index in [9.17, 15) is 18.0 Å². The van der Waals surface area contributed by atoms with Gasteiger partial charge in [-0.3, -0.25) is 9.59 Å². The first kappa shape index (κ1) is 15.2. The molecule has 1 saturated heterocycles. The molecule has 21 heavy (non-hydrogen) atoms. The Morgan fingerprint density at radius 2 is 2.19 bits per heavy atom. The Morgan fingerprint density at radius 1 is 1.48 bits per heavy atom. The molecule has 9 heteroatoms. The lowest BCUT2D eigenvalue weighted by molar-refractivity contribution is -0.137. The van der Waals surface area contributed by atoms with Crippen molar-refractivity contribution in [1.82, 2.24) is 4.98 Å². The minimum absolute atomic E-state index is 0.0778. The van der Waals surface area contributed by atoms with Crippen molar-refractivity contribution in [3.8, 4) is 0 Å². The summed E-state index contributed by atoms with van der Waals surface area (Å²) in [6, 6.07) is 2.17. The van der Waals surface area contributed by atoms with Gasteiger partial charge in [-0.05, 0) is 12.1 Å². The van der Waals surface area contributed by atoms with Crippen LogP contribution in [-0.4, -0.2) is 54.5 Å². The van der Waals surface area contributed by atoms with Crippen LogP contribution in [0.5, 0.6) is 0 Å². The number of carboxylic acids is 1. The van der Waals surface area contributed by atoms with E-state index in [1.165, 1.54) is 18.3 Å². The van der Waals surface area contributed by atoms with Gasteiger partial charge in [0.1, 0.15) is 5.82 Å². The van der Waals surface area contributed by atoms with Crippen LogP contribution in [0.15, 0.2) is 18.3 Å². The zero-order valence-electron chi connectivity index (χ0n) is 11.1. The molecule has 0 radical (unpaired) electrons. The molecule has 3 N–H and O–H groups in total. The Kier molecular flexibility index (Phi) is 4.12. The van der Waals surface area contributed by atoms with Crippen LogP contribution in [-0.2, 0) is 14.6 Å². The third-order valence-electron chi connectivity index (χ3n) is 3.26. The summed E-state index contributed by atoms with van der Waals surface area (Å²) in [7, 11) is -3.27. The fraction of sp³-hybridized carbons (Fsp3) is 0.417. The maximum Gasteiger partial charge on any atom is 0.305 e. The van der Waals surface area contributed by atoms with Gasteiger partial charge >= 0.3 is 5.97 Å². The van der Waals surface area contributed by atoms with Crippen LogP contribution in [0.4, 0.5) is 5.82 Å². The van der Waals surface area contributed by atoms with Gasteiger partial charge in [0.25, 0.3) is 0 Å². The van der Waals surface area contributed by atoms with Crippen LogP contribution in [0, 0.1) is 0 Å². The lowest BCUT2D eigenvalue weighted by atomic mass is 10.1. The SMILES string of the molecule is NC(=O)c1ccnc(N2CCS(=O)(=O)CC2CC(=O)O)c1. The van der Waals surface area contributed by atoms with Gasteiger partial charge in [0, 0.05) is 18.3 Å². The number of primary amides is 1. The number of nitrogens with zero attached hydrogens (tertiary/aromatic N) is 2. The molecule has 1 atom stereocenters. The molecule has 0 bridgehead atoms. The van der Waals surface area contributed by atoms with Crippen LogP contribution in [0.3, 0.4) is 0 Å². The Labute approximate surface area is 121 Å². The third-order valence-corrected chi connectivity index (χ3v) is 4.96. The largest absolute Gasteiger partial charge is 0.481 e. The van der Waals surface area contributed by atoms with E-state index in [2.05, 4.69) is 4.98 Å². The van der Waals surface area contributed by atoms with E-state index >= 15 is 0 Å². The highest BCUT2D eigenvalue weighted by atomic mass is 32.2. The van der Waals surface area contributed by atoms with E-state index < -0.39 is 27.8 Å². The molecule has 1 aromatic heterocycles. The second-order valence-corrected chi connectivity index (χ2v) is 7.06. The molecule has 2 rings (SSSR count). The third kappa shape index (κ3) is 3.69. The number of carbonyl (C=O) groups excluding carboxylic acids is 1. The maximum absolute atomic E-state index is 11.7. The zero-order valence-corrected chi connectivity index (χ0v) is 11.9. The highest BCUT2D eigenvalue weighted by Gasteiger charge is 2.33. The lowest BCUT2D eigenvalue weighted by Crippen LogP contribution is -2.50. The Hall–Kier alpha value is -2.16. The fourth-order valence-electron chi connectivity index (χ4n) is 2.29. The standard InChI is InChI=1S/C12H15N3O5S/c13-12(18)8-1-2-14-10(5-8)15-3-4-21(19,20)7-9(15)6-11(16)17/h1-2,5,9H,3-4,6-7H2,(H2,13,18)(H,16,17). The molecule has 0 aromatic carbocycles. The summed E-state index contributed by atoms with van der Waals surface area (Å²) >= 11 is 0. The quantitative estimate of drug-likeness (QED) is 0.748. The molecule has 1 aliphatic rings. The smallest absolute Gasteiger partial charge is 0.305 e. The first-order chi connectivity index (χ1) is 9.78. The average molecular weight is 313 g/mol. The van der Waals surface area contributed by atoms with Gasteiger partial charge in [0.2, 0.25) is 5.91 Å². The van der Waals surface area contributed by atoms with Crippen LogP contribution in [0.1, 0.15) is 16.8 Å². The number of rotatable bonds is 4. The van der Waals surface area contributed by atoms with Gasteiger partial charge in [-0.15, -0.1) is 0 Å². The summed E-state index contributed by atoms with van der Waals surface area (Å²) < 4.78 is 23.4. The highest BCUT2D eigenvalue weighted by molar-refractivity contribution is 7.91. The van der Waals surface area contributed by atoms with E-state index in [1.54, 1.807) is 4.90 Å². The van der Waals surface area contributed by atoms with E-state index in [-0.39, 0.29) is 30.0 Å². The molecule has 2 heterocycles. The summed E-state index contributed by atoms with van der Waals surface area (Å²) in [4.78, 5) is 27.8. The molecule has 1 amide bonds. The average Bonchev–Trinajstić information content (AvgIpc) is 2.37. The van der Waals surface area contributed by atoms with Gasteiger partial charge in [-0.2, -0.15) is 0 Å². The molecule has 1 aromatic rings. The normalized spacial score (nSPS) is 21.0. The number of carbonyl (C=O) groups is 2. The number of sulfone groups is 1. The highest BCUT2D eigenvalue weighted by Crippen LogP contribution is 2.22. The van der Waals surface area contributed by atoms with Gasteiger partial charge in [0.15, 0.2) is 9.84 Å².